The minimum Gasteiger partial charge on any atom is -0.368 e. The third-order valence-corrected chi connectivity index (χ3v) is 16.5. The first-order chi connectivity index (χ1) is 24.8. The highest BCUT2D eigenvalue weighted by Gasteiger charge is 2.54. The van der Waals surface area contributed by atoms with Crippen LogP contribution in [-0.4, -0.2) is 40.0 Å². The first-order valence-electron chi connectivity index (χ1n) is 22.1. The molecule has 12 unspecified atom stereocenters. The number of allylic oxidation sites excluding steroid dienone is 10. The van der Waals surface area contributed by atoms with Crippen molar-refractivity contribution in [1.29, 1.82) is 0 Å². The molecule has 0 bridgehead atoms. The van der Waals surface area contributed by atoms with Gasteiger partial charge < -0.3 is 4.90 Å². The summed E-state index contributed by atoms with van der Waals surface area (Å²) in [5.74, 6) is 6.52. The Kier molecular flexibility index (Phi) is 9.16. The van der Waals surface area contributed by atoms with Crippen LogP contribution in [0.1, 0.15) is 135 Å². The molecule has 2 aliphatic heterocycles. The van der Waals surface area contributed by atoms with Crippen LogP contribution in [0.2, 0.25) is 0 Å². The molecular weight excluding hydrogens is 605 g/mol. The van der Waals surface area contributed by atoms with Crippen molar-refractivity contribution in [3.63, 3.8) is 0 Å². The second-order valence-corrected chi connectivity index (χ2v) is 18.8. The lowest BCUT2D eigenvalue weighted by molar-refractivity contribution is 0.0629. The summed E-state index contributed by atoms with van der Waals surface area (Å²) in [6.07, 6.45) is 57.8. The van der Waals surface area contributed by atoms with Gasteiger partial charge in [-0.15, -0.1) is 0 Å². The van der Waals surface area contributed by atoms with E-state index in [4.69, 9.17) is 0 Å². The summed E-state index contributed by atoms with van der Waals surface area (Å²) in [4.78, 5) is 6.20. The Bertz CT molecular complexity index is 1460. The first kappa shape index (κ1) is 32.6. The molecule has 2 saturated carbocycles. The average Bonchev–Trinajstić information content (AvgIpc) is 3.71. The largest absolute Gasteiger partial charge is 0.368 e. The zero-order valence-corrected chi connectivity index (χ0v) is 31.1. The third kappa shape index (κ3) is 5.85. The zero-order chi connectivity index (χ0) is 33.0. The van der Waals surface area contributed by atoms with Gasteiger partial charge in [0.15, 0.2) is 0 Å². The van der Waals surface area contributed by atoms with Crippen LogP contribution >= 0.6 is 0 Å². The van der Waals surface area contributed by atoms with E-state index < -0.39 is 0 Å². The van der Waals surface area contributed by atoms with E-state index in [-0.39, 0.29) is 0 Å². The Hall–Kier alpha value is -2.06. The maximum atomic E-state index is 3.10. The van der Waals surface area contributed by atoms with Gasteiger partial charge in [-0.1, -0.05) is 97.2 Å². The van der Waals surface area contributed by atoms with Crippen LogP contribution in [0.25, 0.3) is 0 Å². The van der Waals surface area contributed by atoms with E-state index in [9.17, 15) is 0 Å². The van der Waals surface area contributed by atoms with Gasteiger partial charge in [0.1, 0.15) is 0 Å². The highest BCUT2D eigenvalue weighted by Crippen LogP contribution is 2.57. The van der Waals surface area contributed by atoms with Gasteiger partial charge in [-0.2, -0.15) is 0 Å². The van der Waals surface area contributed by atoms with Gasteiger partial charge in [0.25, 0.3) is 0 Å². The van der Waals surface area contributed by atoms with Gasteiger partial charge in [-0.05, 0) is 145 Å². The molecule has 12 atom stereocenters. The molecule has 268 valence electrons. The van der Waals surface area contributed by atoms with Gasteiger partial charge in [0, 0.05) is 53.7 Å². The predicted octanol–water partition coefficient (Wildman–Crippen LogP) is 11.7. The molecule has 10 rings (SSSR count). The Morgan fingerprint density at radius 2 is 1.50 bits per heavy atom. The number of hydrogen-bond donors (Lipinski definition) is 0. The Morgan fingerprint density at radius 3 is 2.34 bits per heavy atom. The second kappa shape index (κ2) is 14.1. The fourth-order valence-electron chi connectivity index (χ4n) is 14.2. The molecule has 10 aliphatic rings. The fourth-order valence-corrected chi connectivity index (χ4v) is 14.2. The molecule has 0 aromatic carbocycles. The lowest BCUT2D eigenvalue weighted by Crippen LogP contribution is -2.47. The van der Waals surface area contributed by atoms with E-state index in [1.54, 1.807) is 5.57 Å². The maximum absolute atomic E-state index is 3.10. The minimum atomic E-state index is 0.679. The van der Waals surface area contributed by atoms with Gasteiger partial charge in [-0.3, -0.25) is 4.90 Å². The molecule has 0 amide bonds. The number of hydrogen-bond acceptors (Lipinski definition) is 2. The summed E-state index contributed by atoms with van der Waals surface area (Å²) in [5, 5.41) is 0. The van der Waals surface area contributed by atoms with Crippen LogP contribution in [0.3, 0.4) is 0 Å². The average molecular weight is 671 g/mol. The summed E-state index contributed by atoms with van der Waals surface area (Å²) in [5.41, 5.74) is 5.44. The molecule has 0 aromatic heterocycles. The summed E-state index contributed by atoms with van der Waals surface area (Å²) < 4.78 is 0. The molecule has 2 nitrogen and oxygen atoms in total. The van der Waals surface area contributed by atoms with Crippen molar-refractivity contribution in [1.82, 2.24) is 9.80 Å². The highest BCUT2D eigenvalue weighted by molar-refractivity contribution is 5.32. The summed E-state index contributed by atoms with van der Waals surface area (Å²) in [6.45, 7) is 0. The molecular formula is C48H66N2. The number of nitrogens with zero attached hydrogens (tertiary/aromatic N) is 2. The van der Waals surface area contributed by atoms with E-state index in [1.807, 2.05) is 11.3 Å². The van der Waals surface area contributed by atoms with E-state index in [0.717, 1.165) is 71.5 Å². The molecule has 2 heteroatoms. The topological polar surface area (TPSA) is 6.48 Å². The molecule has 2 heterocycles. The van der Waals surface area contributed by atoms with E-state index in [2.05, 4.69) is 76.6 Å². The smallest absolute Gasteiger partial charge is 0.0362 e. The van der Waals surface area contributed by atoms with Crippen molar-refractivity contribution in [3.05, 3.63) is 83.7 Å². The lowest BCUT2D eigenvalue weighted by atomic mass is 9.64. The van der Waals surface area contributed by atoms with Crippen molar-refractivity contribution in [2.45, 2.75) is 165 Å². The molecule has 2 saturated heterocycles. The zero-order valence-electron chi connectivity index (χ0n) is 31.1. The van der Waals surface area contributed by atoms with Crippen LogP contribution in [0, 0.1) is 47.3 Å². The fraction of sp³-hybridized carbons (Fsp3) is 0.708. The first-order valence-corrected chi connectivity index (χ1v) is 22.1. The Labute approximate surface area is 305 Å². The van der Waals surface area contributed by atoms with Gasteiger partial charge >= 0.3 is 0 Å². The van der Waals surface area contributed by atoms with Crippen molar-refractivity contribution >= 4 is 0 Å². The van der Waals surface area contributed by atoms with Crippen LogP contribution < -0.4 is 0 Å². The summed E-state index contributed by atoms with van der Waals surface area (Å²) >= 11 is 0. The van der Waals surface area contributed by atoms with Crippen LogP contribution in [0.15, 0.2) is 83.7 Å². The maximum Gasteiger partial charge on any atom is 0.0362 e. The van der Waals surface area contributed by atoms with E-state index >= 15 is 0 Å². The SMILES string of the molecule is C1=CC2C3CC(C4CC=C5C(C4)C4C=C(C6C=CCCC6)CCC4N5C4CC=C(C5CC=CCC5)CC4)CCC3N(C3CCCCC3)C2C=C1. The van der Waals surface area contributed by atoms with Crippen LogP contribution in [0.4, 0.5) is 0 Å². The molecule has 0 radical (unpaired) electrons. The van der Waals surface area contributed by atoms with E-state index in [0.29, 0.717) is 6.04 Å². The molecule has 0 aromatic rings. The molecule has 50 heavy (non-hydrogen) atoms. The lowest BCUT2D eigenvalue weighted by Gasteiger charge is -2.44. The van der Waals surface area contributed by atoms with E-state index in [1.165, 1.54) is 135 Å². The summed E-state index contributed by atoms with van der Waals surface area (Å²) in [6, 6.07) is 3.83. The van der Waals surface area contributed by atoms with Gasteiger partial charge in [0.05, 0.1) is 0 Å². The quantitative estimate of drug-likeness (QED) is 0.269. The third-order valence-electron chi connectivity index (χ3n) is 16.5. The normalized spacial score (nSPS) is 44.6. The van der Waals surface area contributed by atoms with Crippen LogP contribution in [0.5, 0.6) is 0 Å². The van der Waals surface area contributed by atoms with Crippen molar-refractivity contribution in [3.8, 4) is 0 Å². The molecule has 4 fully saturated rings. The number of fused-ring (bicyclic) bond motifs is 6. The highest BCUT2D eigenvalue weighted by atomic mass is 15.3. The van der Waals surface area contributed by atoms with Crippen molar-refractivity contribution < 1.29 is 0 Å². The second-order valence-electron chi connectivity index (χ2n) is 18.8. The van der Waals surface area contributed by atoms with Crippen molar-refractivity contribution in [2.75, 3.05) is 0 Å². The molecule has 8 aliphatic carbocycles. The van der Waals surface area contributed by atoms with Gasteiger partial charge in [0.2, 0.25) is 0 Å². The standard InChI is InChI=1S/C48H66N2/c1-4-12-33(13-5-1)35-20-25-40(26-21-35)50-47-27-22-36(34-14-6-2-7-15-34)30-43(47)44-32-38(24-29-48(44)50)37-23-28-46-42(31-37)41-18-10-11-19-45(41)49(46)39-16-8-3-9-17-39/h1,4,6,10-11,14,18-20,29-30,33-34,37-47H,2-3,5,7-9,12-13,15-17,21-28,31-32H2. The molecule has 0 N–H and O–H groups in total. The van der Waals surface area contributed by atoms with Crippen molar-refractivity contribution in [2.24, 2.45) is 47.3 Å². The summed E-state index contributed by atoms with van der Waals surface area (Å²) in [7, 11) is 0. The Morgan fingerprint density at radius 1 is 0.580 bits per heavy atom. The monoisotopic (exact) mass is 671 g/mol. The van der Waals surface area contributed by atoms with Crippen LogP contribution in [-0.2, 0) is 0 Å². The van der Waals surface area contributed by atoms with Gasteiger partial charge in [-0.25, -0.2) is 0 Å². The predicted molar refractivity (Wildman–Crippen MR) is 208 cm³/mol. The number of rotatable bonds is 5. The minimum absolute atomic E-state index is 0.679. The molecule has 0 spiro atoms. The Balaban J connectivity index is 0.900. The number of likely N-dealkylation sites (tertiary alicyclic amines) is 2.